The van der Waals surface area contributed by atoms with E-state index < -0.39 is 0 Å². The molecule has 0 saturated carbocycles. The summed E-state index contributed by atoms with van der Waals surface area (Å²) >= 11 is 0. The minimum absolute atomic E-state index is 0.0757. The number of carbonyl (C=O) groups is 1. The van der Waals surface area contributed by atoms with Gasteiger partial charge < -0.3 is 19.9 Å². The molecule has 1 unspecified atom stereocenters. The molecule has 7 heteroatoms. The minimum atomic E-state index is -0.126. The van der Waals surface area contributed by atoms with Gasteiger partial charge in [0.1, 0.15) is 17.9 Å². The number of aromatic nitrogens is 3. The van der Waals surface area contributed by atoms with Crippen LogP contribution in [0.4, 0.5) is 5.69 Å². The molecule has 0 spiro atoms. The highest BCUT2D eigenvalue weighted by Gasteiger charge is 2.17. The van der Waals surface area contributed by atoms with Crippen molar-refractivity contribution in [1.29, 1.82) is 0 Å². The first kappa shape index (κ1) is 13.6. The second kappa shape index (κ2) is 5.53. The van der Waals surface area contributed by atoms with Crippen LogP contribution < -0.4 is 15.4 Å². The van der Waals surface area contributed by atoms with E-state index >= 15 is 0 Å². The topological polar surface area (TPSA) is 81.1 Å². The number of benzene rings is 1. The highest BCUT2D eigenvalue weighted by atomic mass is 16.5. The molecule has 1 aliphatic rings. The van der Waals surface area contributed by atoms with Crippen LogP contribution in [0.5, 0.6) is 5.75 Å². The van der Waals surface area contributed by atoms with E-state index in [2.05, 4.69) is 27.8 Å². The molecule has 0 radical (unpaired) electrons. The molecule has 1 atom stereocenters. The second-order valence-electron chi connectivity index (χ2n) is 5.05. The van der Waals surface area contributed by atoms with E-state index in [1.807, 2.05) is 29.8 Å². The Bertz CT molecular complexity index is 667. The molecule has 1 aliphatic heterocycles. The standard InChI is InChI=1S/C14H17N5O2/c1-9(15-6-13-18-16-8-19(13)2)10-3-4-12-11(5-10)17-14(20)7-21-12/h3-5,8-9,15H,6-7H2,1-2H3,(H,17,20). The fraction of sp³-hybridized carbons (Fsp3) is 0.357. The summed E-state index contributed by atoms with van der Waals surface area (Å²) in [6, 6.07) is 5.92. The van der Waals surface area contributed by atoms with Gasteiger partial charge in [0.2, 0.25) is 0 Å². The zero-order valence-corrected chi connectivity index (χ0v) is 12.0. The van der Waals surface area contributed by atoms with E-state index in [1.54, 1.807) is 6.33 Å². The van der Waals surface area contributed by atoms with Gasteiger partial charge in [0, 0.05) is 13.1 Å². The monoisotopic (exact) mass is 287 g/mol. The molecule has 2 heterocycles. The van der Waals surface area contributed by atoms with Crippen molar-refractivity contribution >= 4 is 11.6 Å². The van der Waals surface area contributed by atoms with Gasteiger partial charge in [-0.3, -0.25) is 4.79 Å². The van der Waals surface area contributed by atoms with E-state index in [4.69, 9.17) is 4.74 Å². The van der Waals surface area contributed by atoms with E-state index in [1.165, 1.54) is 0 Å². The number of aryl methyl sites for hydroxylation is 1. The van der Waals surface area contributed by atoms with Crippen molar-refractivity contribution in [3.63, 3.8) is 0 Å². The van der Waals surface area contributed by atoms with Gasteiger partial charge in [0.05, 0.1) is 12.2 Å². The van der Waals surface area contributed by atoms with Gasteiger partial charge in [-0.05, 0) is 24.6 Å². The van der Waals surface area contributed by atoms with E-state index in [-0.39, 0.29) is 18.6 Å². The van der Waals surface area contributed by atoms with Crippen LogP contribution in [0.3, 0.4) is 0 Å². The van der Waals surface area contributed by atoms with Crippen LogP contribution in [-0.4, -0.2) is 27.3 Å². The fourth-order valence-corrected chi connectivity index (χ4v) is 2.20. The summed E-state index contributed by atoms with van der Waals surface area (Å²) in [6.07, 6.45) is 1.67. The number of nitrogens with zero attached hydrogens (tertiary/aromatic N) is 3. The Balaban J connectivity index is 1.70. The summed E-state index contributed by atoms with van der Waals surface area (Å²) in [5, 5.41) is 14.1. The molecule has 0 bridgehead atoms. The molecule has 7 nitrogen and oxygen atoms in total. The van der Waals surface area contributed by atoms with Gasteiger partial charge in [-0.15, -0.1) is 10.2 Å². The Kier molecular flexibility index (Phi) is 3.57. The maximum atomic E-state index is 11.4. The maximum absolute atomic E-state index is 11.4. The van der Waals surface area contributed by atoms with Crippen LogP contribution in [0.1, 0.15) is 24.4 Å². The molecule has 2 aromatic rings. The van der Waals surface area contributed by atoms with Crippen LogP contribution >= 0.6 is 0 Å². The lowest BCUT2D eigenvalue weighted by Crippen LogP contribution is -2.26. The smallest absolute Gasteiger partial charge is 0.262 e. The number of hydrogen-bond acceptors (Lipinski definition) is 5. The minimum Gasteiger partial charge on any atom is -0.482 e. The number of anilines is 1. The molecule has 0 saturated heterocycles. The molecular formula is C14H17N5O2. The first-order valence-electron chi connectivity index (χ1n) is 6.76. The molecule has 1 aromatic heterocycles. The predicted molar refractivity (Wildman–Crippen MR) is 76.8 cm³/mol. The predicted octanol–water partition coefficient (Wildman–Crippen LogP) is 0.997. The summed E-state index contributed by atoms with van der Waals surface area (Å²) in [7, 11) is 1.91. The van der Waals surface area contributed by atoms with Crippen LogP contribution in [0.25, 0.3) is 0 Å². The van der Waals surface area contributed by atoms with E-state index in [0.29, 0.717) is 12.3 Å². The number of carbonyl (C=O) groups excluding carboxylic acids is 1. The van der Waals surface area contributed by atoms with E-state index in [9.17, 15) is 4.79 Å². The van der Waals surface area contributed by atoms with Crippen LogP contribution in [0, 0.1) is 0 Å². The summed E-state index contributed by atoms with van der Waals surface area (Å²) < 4.78 is 7.23. The third-order valence-corrected chi connectivity index (χ3v) is 3.51. The average molecular weight is 287 g/mol. The zero-order chi connectivity index (χ0) is 14.8. The number of nitrogens with one attached hydrogen (secondary N) is 2. The van der Waals surface area contributed by atoms with Gasteiger partial charge >= 0.3 is 0 Å². The van der Waals surface area contributed by atoms with Crippen molar-refractivity contribution in [2.24, 2.45) is 7.05 Å². The van der Waals surface area contributed by atoms with Crippen molar-refractivity contribution in [2.75, 3.05) is 11.9 Å². The number of amides is 1. The highest BCUT2D eigenvalue weighted by molar-refractivity contribution is 5.95. The Hall–Kier alpha value is -2.41. The summed E-state index contributed by atoms with van der Waals surface area (Å²) in [5.74, 6) is 1.45. The number of fused-ring (bicyclic) bond motifs is 1. The number of hydrogen-bond donors (Lipinski definition) is 2. The summed E-state index contributed by atoms with van der Waals surface area (Å²) in [4.78, 5) is 11.4. The van der Waals surface area contributed by atoms with Gasteiger partial charge in [-0.25, -0.2) is 0 Å². The lowest BCUT2D eigenvalue weighted by Gasteiger charge is -2.20. The highest BCUT2D eigenvalue weighted by Crippen LogP contribution is 2.30. The molecule has 3 rings (SSSR count). The Morgan fingerprint density at radius 1 is 1.52 bits per heavy atom. The number of rotatable bonds is 4. The maximum Gasteiger partial charge on any atom is 0.262 e. The molecule has 2 N–H and O–H groups in total. The average Bonchev–Trinajstić information content (AvgIpc) is 2.89. The number of ether oxygens (including phenoxy) is 1. The summed E-state index contributed by atoms with van der Waals surface area (Å²) in [5.41, 5.74) is 1.79. The van der Waals surface area contributed by atoms with Gasteiger partial charge in [-0.1, -0.05) is 6.07 Å². The SMILES string of the molecule is CC(NCc1nncn1C)c1ccc2c(c1)NC(=O)CO2. The Morgan fingerprint density at radius 3 is 3.14 bits per heavy atom. The molecule has 1 aromatic carbocycles. The molecule has 110 valence electrons. The van der Waals surface area contributed by atoms with E-state index in [0.717, 1.165) is 17.1 Å². The van der Waals surface area contributed by atoms with Gasteiger partial charge in [0.15, 0.2) is 6.61 Å². The molecule has 0 aliphatic carbocycles. The summed E-state index contributed by atoms with van der Waals surface area (Å²) in [6.45, 7) is 2.76. The fourth-order valence-electron chi connectivity index (χ4n) is 2.20. The van der Waals surface area contributed by atoms with Crippen molar-refractivity contribution < 1.29 is 9.53 Å². The Morgan fingerprint density at radius 2 is 2.38 bits per heavy atom. The quantitative estimate of drug-likeness (QED) is 0.876. The molecular weight excluding hydrogens is 270 g/mol. The van der Waals surface area contributed by atoms with Crippen LogP contribution in [0.2, 0.25) is 0 Å². The first-order valence-corrected chi connectivity index (χ1v) is 6.76. The van der Waals surface area contributed by atoms with Gasteiger partial charge in [0.25, 0.3) is 5.91 Å². The van der Waals surface area contributed by atoms with Crippen molar-refractivity contribution in [3.8, 4) is 5.75 Å². The normalized spacial score (nSPS) is 15.0. The Labute approximate surface area is 122 Å². The lowest BCUT2D eigenvalue weighted by molar-refractivity contribution is -0.118. The largest absolute Gasteiger partial charge is 0.482 e. The molecule has 21 heavy (non-hydrogen) atoms. The molecule has 0 fully saturated rings. The van der Waals surface area contributed by atoms with Crippen LogP contribution in [0.15, 0.2) is 24.5 Å². The zero-order valence-electron chi connectivity index (χ0n) is 12.0. The van der Waals surface area contributed by atoms with Crippen molar-refractivity contribution in [2.45, 2.75) is 19.5 Å². The van der Waals surface area contributed by atoms with Crippen LogP contribution in [-0.2, 0) is 18.4 Å². The first-order chi connectivity index (χ1) is 10.1. The van der Waals surface area contributed by atoms with Crippen molar-refractivity contribution in [3.05, 3.63) is 35.9 Å². The third-order valence-electron chi connectivity index (χ3n) is 3.51. The molecule has 1 amide bonds. The second-order valence-corrected chi connectivity index (χ2v) is 5.05. The third kappa shape index (κ3) is 2.87. The lowest BCUT2D eigenvalue weighted by atomic mass is 10.1. The van der Waals surface area contributed by atoms with Gasteiger partial charge in [-0.2, -0.15) is 0 Å². The van der Waals surface area contributed by atoms with Crippen molar-refractivity contribution in [1.82, 2.24) is 20.1 Å².